The van der Waals surface area contributed by atoms with Gasteiger partial charge in [0, 0.05) is 6.04 Å². The van der Waals surface area contributed by atoms with E-state index in [1.54, 1.807) is 0 Å². The molecule has 1 saturated carbocycles. The van der Waals surface area contributed by atoms with Gasteiger partial charge in [0.2, 0.25) is 0 Å². The van der Waals surface area contributed by atoms with Crippen LogP contribution in [0.5, 0.6) is 0 Å². The van der Waals surface area contributed by atoms with Gasteiger partial charge in [-0.1, -0.05) is 20.3 Å². The van der Waals surface area contributed by atoms with Gasteiger partial charge in [-0.05, 0) is 50.6 Å². The van der Waals surface area contributed by atoms with Gasteiger partial charge in [0.25, 0.3) is 0 Å². The molecule has 0 bridgehead atoms. The SMILES string of the molecule is CC(C)C1CCN(C2CCCC2C#N)CC1. The Morgan fingerprint density at radius 1 is 1.12 bits per heavy atom. The van der Waals surface area contributed by atoms with Crippen molar-refractivity contribution >= 4 is 0 Å². The lowest BCUT2D eigenvalue weighted by Gasteiger charge is -2.38. The molecule has 1 saturated heterocycles. The first-order valence-corrected chi connectivity index (χ1v) is 6.86. The van der Waals surface area contributed by atoms with Crippen molar-refractivity contribution < 1.29 is 0 Å². The van der Waals surface area contributed by atoms with E-state index < -0.39 is 0 Å². The molecule has 90 valence electrons. The molecule has 2 fully saturated rings. The van der Waals surface area contributed by atoms with Gasteiger partial charge < -0.3 is 0 Å². The summed E-state index contributed by atoms with van der Waals surface area (Å²) in [5.41, 5.74) is 0. The first-order valence-electron chi connectivity index (χ1n) is 6.86. The van der Waals surface area contributed by atoms with Crippen molar-refractivity contribution in [2.45, 2.75) is 52.0 Å². The lowest BCUT2D eigenvalue weighted by molar-refractivity contribution is 0.105. The molecule has 0 spiro atoms. The maximum absolute atomic E-state index is 9.13. The van der Waals surface area contributed by atoms with E-state index in [1.165, 1.54) is 38.8 Å². The number of likely N-dealkylation sites (tertiary alicyclic amines) is 1. The fourth-order valence-corrected chi connectivity index (χ4v) is 3.45. The minimum atomic E-state index is 0.315. The summed E-state index contributed by atoms with van der Waals surface area (Å²) in [6.07, 6.45) is 6.32. The summed E-state index contributed by atoms with van der Waals surface area (Å²) in [6, 6.07) is 3.09. The molecule has 0 aromatic carbocycles. The third-order valence-electron chi connectivity index (χ3n) is 4.63. The van der Waals surface area contributed by atoms with Crippen molar-refractivity contribution in [3.05, 3.63) is 0 Å². The summed E-state index contributed by atoms with van der Waals surface area (Å²) >= 11 is 0. The van der Waals surface area contributed by atoms with Crippen LogP contribution >= 0.6 is 0 Å². The van der Waals surface area contributed by atoms with E-state index in [2.05, 4.69) is 24.8 Å². The predicted molar refractivity (Wildman–Crippen MR) is 65.9 cm³/mol. The molecule has 0 N–H and O–H groups in total. The Morgan fingerprint density at radius 3 is 2.38 bits per heavy atom. The second kappa shape index (κ2) is 5.19. The van der Waals surface area contributed by atoms with Gasteiger partial charge >= 0.3 is 0 Å². The van der Waals surface area contributed by atoms with Gasteiger partial charge in [0.15, 0.2) is 0 Å². The van der Waals surface area contributed by atoms with Crippen molar-refractivity contribution in [2.24, 2.45) is 17.8 Å². The highest BCUT2D eigenvalue weighted by molar-refractivity contribution is 4.98. The molecule has 2 atom stereocenters. The smallest absolute Gasteiger partial charge is 0.0672 e. The summed E-state index contributed by atoms with van der Waals surface area (Å²) in [4.78, 5) is 2.60. The van der Waals surface area contributed by atoms with E-state index in [1.807, 2.05) is 0 Å². The molecule has 0 aromatic heterocycles. The standard InChI is InChI=1S/C14H24N2/c1-11(2)12-6-8-16(9-7-12)14-5-3-4-13(14)10-15/h11-14H,3-9H2,1-2H3. The Morgan fingerprint density at radius 2 is 1.81 bits per heavy atom. The summed E-state index contributed by atoms with van der Waals surface area (Å²) < 4.78 is 0. The molecule has 1 aliphatic carbocycles. The van der Waals surface area contributed by atoms with Gasteiger partial charge in [0.1, 0.15) is 0 Å². The van der Waals surface area contributed by atoms with Crippen molar-refractivity contribution in [1.82, 2.24) is 4.90 Å². The van der Waals surface area contributed by atoms with Crippen molar-refractivity contribution in [1.29, 1.82) is 5.26 Å². The van der Waals surface area contributed by atoms with Crippen LogP contribution in [0, 0.1) is 29.1 Å². The molecule has 0 radical (unpaired) electrons. The van der Waals surface area contributed by atoms with E-state index in [4.69, 9.17) is 5.26 Å². The molecule has 2 aliphatic rings. The molecule has 0 amide bonds. The largest absolute Gasteiger partial charge is 0.299 e. The minimum Gasteiger partial charge on any atom is -0.299 e. The molecule has 2 heteroatoms. The van der Waals surface area contributed by atoms with Crippen LogP contribution in [0.25, 0.3) is 0 Å². The average molecular weight is 220 g/mol. The molecule has 1 heterocycles. The van der Waals surface area contributed by atoms with Crippen LogP contribution in [0.1, 0.15) is 46.0 Å². The molecule has 1 aliphatic heterocycles. The number of hydrogen-bond donors (Lipinski definition) is 0. The van der Waals surface area contributed by atoms with Gasteiger partial charge in [-0.3, -0.25) is 4.90 Å². The molecule has 2 rings (SSSR count). The normalized spacial score (nSPS) is 33.1. The Bertz CT molecular complexity index is 258. The van der Waals surface area contributed by atoms with Crippen LogP contribution < -0.4 is 0 Å². The zero-order valence-electron chi connectivity index (χ0n) is 10.7. The van der Waals surface area contributed by atoms with E-state index >= 15 is 0 Å². The fourth-order valence-electron chi connectivity index (χ4n) is 3.45. The number of nitriles is 1. The van der Waals surface area contributed by atoms with Gasteiger partial charge in [0.05, 0.1) is 12.0 Å². The van der Waals surface area contributed by atoms with Crippen LogP contribution in [0.2, 0.25) is 0 Å². The number of piperidine rings is 1. The monoisotopic (exact) mass is 220 g/mol. The molecular formula is C14H24N2. The van der Waals surface area contributed by atoms with E-state index in [-0.39, 0.29) is 0 Å². The zero-order chi connectivity index (χ0) is 11.5. The van der Waals surface area contributed by atoms with Gasteiger partial charge in [-0.25, -0.2) is 0 Å². The van der Waals surface area contributed by atoms with Crippen molar-refractivity contribution in [3.8, 4) is 6.07 Å². The summed E-state index contributed by atoms with van der Waals surface area (Å²) in [7, 11) is 0. The van der Waals surface area contributed by atoms with Gasteiger partial charge in [-0.2, -0.15) is 5.26 Å². The van der Waals surface area contributed by atoms with E-state index in [0.29, 0.717) is 12.0 Å². The van der Waals surface area contributed by atoms with Crippen molar-refractivity contribution in [2.75, 3.05) is 13.1 Å². The van der Waals surface area contributed by atoms with Crippen LogP contribution in [0.15, 0.2) is 0 Å². The fraction of sp³-hybridized carbons (Fsp3) is 0.929. The molecule has 16 heavy (non-hydrogen) atoms. The topological polar surface area (TPSA) is 27.0 Å². The van der Waals surface area contributed by atoms with E-state index in [9.17, 15) is 0 Å². The van der Waals surface area contributed by atoms with Crippen molar-refractivity contribution in [3.63, 3.8) is 0 Å². The quantitative estimate of drug-likeness (QED) is 0.715. The Labute approximate surface area is 99.6 Å². The first kappa shape index (κ1) is 11.9. The molecular weight excluding hydrogens is 196 g/mol. The molecule has 2 unspecified atom stereocenters. The zero-order valence-corrected chi connectivity index (χ0v) is 10.7. The second-order valence-corrected chi connectivity index (χ2v) is 5.85. The number of rotatable bonds is 2. The summed E-state index contributed by atoms with van der Waals surface area (Å²) in [6.45, 7) is 7.14. The summed E-state index contributed by atoms with van der Waals surface area (Å²) in [5.74, 6) is 2.06. The lowest BCUT2D eigenvalue weighted by Crippen LogP contribution is -2.43. The van der Waals surface area contributed by atoms with Crippen LogP contribution in [-0.2, 0) is 0 Å². The number of nitrogens with zero attached hydrogens (tertiary/aromatic N) is 2. The highest BCUT2D eigenvalue weighted by atomic mass is 15.2. The maximum Gasteiger partial charge on any atom is 0.0672 e. The lowest BCUT2D eigenvalue weighted by atomic mass is 9.85. The Hall–Kier alpha value is -0.550. The predicted octanol–water partition coefficient (Wildman–Crippen LogP) is 3.05. The third-order valence-corrected chi connectivity index (χ3v) is 4.63. The number of hydrogen-bond acceptors (Lipinski definition) is 2. The van der Waals surface area contributed by atoms with Crippen LogP contribution in [0.4, 0.5) is 0 Å². The maximum atomic E-state index is 9.13. The van der Waals surface area contributed by atoms with E-state index in [0.717, 1.165) is 18.3 Å². The Balaban J connectivity index is 1.87. The molecule has 2 nitrogen and oxygen atoms in total. The third kappa shape index (κ3) is 2.40. The second-order valence-electron chi connectivity index (χ2n) is 5.85. The highest BCUT2D eigenvalue weighted by Gasteiger charge is 2.34. The minimum absolute atomic E-state index is 0.315. The van der Waals surface area contributed by atoms with Crippen LogP contribution in [0.3, 0.4) is 0 Å². The van der Waals surface area contributed by atoms with Crippen LogP contribution in [-0.4, -0.2) is 24.0 Å². The summed E-state index contributed by atoms with van der Waals surface area (Å²) in [5, 5.41) is 9.13. The highest BCUT2D eigenvalue weighted by Crippen LogP contribution is 2.33. The Kier molecular flexibility index (Phi) is 3.86. The average Bonchev–Trinajstić information content (AvgIpc) is 2.77. The van der Waals surface area contributed by atoms with Gasteiger partial charge in [-0.15, -0.1) is 0 Å². The first-order chi connectivity index (χ1) is 7.72. The molecule has 0 aromatic rings.